The minimum Gasteiger partial charge on any atom is -0.384 e. The molecule has 3 atom stereocenters. The molecular formula is C17H28N2O2S. The SMILES string of the molecule is CC1OC2(CCN(C)CC2)CC1NCC(C)(O)c1ccsc1. The number of nitrogens with zero attached hydrogens (tertiary/aromatic N) is 1. The molecule has 1 spiro atoms. The molecule has 3 unspecified atom stereocenters. The zero-order valence-electron chi connectivity index (χ0n) is 13.8. The van der Waals surface area contributed by atoms with Crippen molar-refractivity contribution in [1.29, 1.82) is 0 Å². The van der Waals surface area contributed by atoms with E-state index in [2.05, 4.69) is 24.2 Å². The maximum absolute atomic E-state index is 10.7. The Morgan fingerprint density at radius 1 is 1.50 bits per heavy atom. The van der Waals surface area contributed by atoms with Gasteiger partial charge in [-0.15, -0.1) is 0 Å². The lowest BCUT2D eigenvalue weighted by atomic mass is 9.87. The van der Waals surface area contributed by atoms with Gasteiger partial charge in [0.1, 0.15) is 0 Å². The van der Waals surface area contributed by atoms with Gasteiger partial charge in [-0.05, 0) is 62.5 Å². The van der Waals surface area contributed by atoms with Gasteiger partial charge in [-0.3, -0.25) is 0 Å². The summed E-state index contributed by atoms with van der Waals surface area (Å²) in [5, 5.41) is 18.2. The van der Waals surface area contributed by atoms with Crippen LogP contribution in [0.5, 0.6) is 0 Å². The molecule has 2 aliphatic rings. The summed E-state index contributed by atoms with van der Waals surface area (Å²) in [6.07, 6.45) is 3.50. The van der Waals surface area contributed by atoms with Crippen LogP contribution in [-0.4, -0.2) is 54.4 Å². The van der Waals surface area contributed by atoms with Crippen molar-refractivity contribution in [2.24, 2.45) is 0 Å². The largest absolute Gasteiger partial charge is 0.384 e. The topological polar surface area (TPSA) is 44.7 Å². The Balaban J connectivity index is 1.57. The maximum atomic E-state index is 10.7. The van der Waals surface area contributed by atoms with Crippen molar-refractivity contribution in [2.75, 3.05) is 26.7 Å². The molecule has 22 heavy (non-hydrogen) atoms. The lowest BCUT2D eigenvalue weighted by Crippen LogP contribution is -2.45. The molecule has 0 saturated carbocycles. The summed E-state index contributed by atoms with van der Waals surface area (Å²) in [4.78, 5) is 2.38. The smallest absolute Gasteiger partial charge is 0.1000 e. The molecular weight excluding hydrogens is 296 g/mol. The first-order valence-corrected chi connectivity index (χ1v) is 9.19. The fraction of sp³-hybridized carbons (Fsp3) is 0.765. The third kappa shape index (κ3) is 3.39. The van der Waals surface area contributed by atoms with Crippen LogP contribution in [0.1, 0.15) is 38.7 Å². The quantitative estimate of drug-likeness (QED) is 0.891. The van der Waals surface area contributed by atoms with Crippen LogP contribution in [0.2, 0.25) is 0 Å². The van der Waals surface area contributed by atoms with Gasteiger partial charge in [0.25, 0.3) is 0 Å². The Morgan fingerprint density at radius 3 is 2.86 bits per heavy atom. The molecule has 2 aliphatic heterocycles. The van der Waals surface area contributed by atoms with E-state index in [1.807, 2.05) is 23.8 Å². The van der Waals surface area contributed by atoms with Gasteiger partial charge in [-0.1, -0.05) is 0 Å². The second-order valence-corrected chi connectivity index (χ2v) is 8.07. The predicted octanol–water partition coefficient (Wildman–Crippen LogP) is 2.19. The average Bonchev–Trinajstić information content (AvgIpc) is 3.10. The molecule has 3 heterocycles. The van der Waals surface area contributed by atoms with Crippen LogP contribution in [0.15, 0.2) is 16.8 Å². The molecule has 4 nitrogen and oxygen atoms in total. The van der Waals surface area contributed by atoms with Gasteiger partial charge >= 0.3 is 0 Å². The average molecular weight is 324 g/mol. The van der Waals surface area contributed by atoms with Gasteiger partial charge < -0.3 is 20.1 Å². The van der Waals surface area contributed by atoms with E-state index in [-0.39, 0.29) is 11.7 Å². The highest BCUT2D eigenvalue weighted by molar-refractivity contribution is 7.08. The van der Waals surface area contributed by atoms with Gasteiger partial charge in [-0.25, -0.2) is 0 Å². The number of thiophene rings is 1. The van der Waals surface area contributed by atoms with Crippen molar-refractivity contribution in [1.82, 2.24) is 10.2 Å². The van der Waals surface area contributed by atoms with Crippen LogP contribution in [0.25, 0.3) is 0 Å². The van der Waals surface area contributed by atoms with Crippen molar-refractivity contribution in [3.8, 4) is 0 Å². The van der Waals surface area contributed by atoms with Crippen LogP contribution in [-0.2, 0) is 10.3 Å². The predicted molar refractivity (Wildman–Crippen MR) is 90.3 cm³/mol. The Bertz CT molecular complexity index is 481. The Morgan fingerprint density at radius 2 is 2.23 bits per heavy atom. The first-order valence-electron chi connectivity index (χ1n) is 8.25. The molecule has 124 valence electrons. The molecule has 2 saturated heterocycles. The third-order valence-electron chi connectivity index (χ3n) is 5.34. The molecule has 3 rings (SSSR count). The summed E-state index contributed by atoms with van der Waals surface area (Å²) in [5.74, 6) is 0. The molecule has 0 bridgehead atoms. The van der Waals surface area contributed by atoms with E-state index in [0.29, 0.717) is 12.6 Å². The Kier molecular flexibility index (Phi) is 4.63. The zero-order chi connectivity index (χ0) is 15.8. The number of nitrogens with one attached hydrogen (secondary N) is 1. The van der Waals surface area contributed by atoms with Crippen molar-refractivity contribution in [3.63, 3.8) is 0 Å². The minimum atomic E-state index is -0.817. The van der Waals surface area contributed by atoms with Crippen molar-refractivity contribution in [3.05, 3.63) is 22.4 Å². The van der Waals surface area contributed by atoms with Gasteiger partial charge in [0, 0.05) is 25.7 Å². The van der Waals surface area contributed by atoms with Crippen molar-refractivity contribution in [2.45, 2.75) is 56.5 Å². The summed E-state index contributed by atoms with van der Waals surface area (Å²) in [6, 6.07) is 2.33. The fourth-order valence-corrected chi connectivity index (χ4v) is 4.46. The summed E-state index contributed by atoms with van der Waals surface area (Å²) in [7, 11) is 2.18. The lowest BCUT2D eigenvalue weighted by Gasteiger charge is -2.37. The Labute approximate surface area is 137 Å². The van der Waals surface area contributed by atoms with Crippen LogP contribution in [0, 0.1) is 0 Å². The van der Waals surface area contributed by atoms with Gasteiger partial charge in [-0.2, -0.15) is 11.3 Å². The third-order valence-corrected chi connectivity index (χ3v) is 6.03. The highest BCUT2D eigenvalue weighted by Crippen LogP contribution is 2.39. The van der Waals surface area contributed by atoms with E-state index in [9.17, 15) is 5.11 Å². The first kappa shape index (κ1) is 16.4. The molecule has 0 amide bonds. The zero-order valence-corrected chi connectivity index (χ0v) is 14.7. The number of hydrogen-bond donors (Lipinski definition) is 2. The molecule has 1 aromatic rings. The van der Waals surface area contributed by atoms with Gasteiger partial charge in [0.15, 0.2) is 0 Å². The van der Waals surface area contributed by atoms with Crippen LogP contribution < -0.4 is 5.32 Å². The maximum Gasteiger partial charge on any atom is 0.1000 e. The fourth-order valence-electron chi connectivity index (χ4n) is 3.68. The van der Waals surface area contributed by atoms with Gasteiger partial charge in [0.05, 0.1) is 17.3 Å². The molecule has 0 aliphatic carbocycles. The van der Waals surface area contributed by atoms with E-state index in [1.54, 1.807) is 11.3 Å². The molecule has 0 radical (unpaired) electrons. The van der Waals surface area contributed by atoms with E-state index in [4.69, 9.17) is 4.74 Å². The summed E-state index contributed by atoms with van der Waals surface area (Å²) in [6.45, 7) is 6.84. The summed E-state index contributed by atoms with van der Waals surface area (Å²) < 4.78 is 6.34. The monoisotopic (exact) mass is 324 g/mol. The van der Waals surface area contributed by atoms with Gasteiger partial charge in [0.2, 0.25) is 0 Å². The molecule has 2 fully saturated rings. The van der Waals surface area contributed by atoms with E-state index in [1.165, 1.54) is 0 Å². The van der Waals surface area contributed by atoms with Crippen molar-refractivity contribution < 1.29 is 9.84 Å². The number of rotatable bonds is 4. The lowest BCUT2D eigenvalue weighted by molar-refractivity contribution is -0.0696. The molecule has 5 heteroatoms. The summed E-state index contributed by atoms with van der Waals surface area (Å²) >= 11 is 1.63. The standard InChI is InChI=1S/C17H28N2O2S/c1-13-15(10-17(21-13)5-7-19(3)8-6-17)18-12-16(2,20)14-4-9-22-11-14/h4,9,11,13,15,18,20H,5-8,10,12H2,1-3H3. The number of hydrogen-bond acceptors (Lipinski definition) is 5. The van der Waals surface area contributed by atoms with Crippen molar-refractivity contribution >= 4 is 11.3 Å². The molecule has 2 N–H and O–H groups in total. The summed E-state index contributed by atoms with van der Waals surface area (Å²) in [5.41, 5.74) is 0.227. The number of aliphatic hydroxyl groups is 1. The number of ether oxygens (including phenoxy) is 1. The van der Waals surface area contributed by atoms with E-state index >= 15 is 0 Å². The van der Waals surface area contributed by atoms with Crippen LogP contribution >= 0.6 is 11.3 Å². The first-order chi connectivity index (χ1) is 10.4. The normalized spacial score (nSPS) is 31.5. The minimum absolute atomic E-state index is 0.0534. The molecule has 0 aromatic carbocycles. The number of piperidine rings is 1. The Hall–Kier alpha value is -0.460. The van der Waals surface area contributed by atoms with E-state index < -0.39 is 5.60 Å². The second-order valence-electron chi connectivity index (χ2n) is 7.29. The second kappa shape index (κ2) is 6.21. The number of likely N-dealkylation sites (tertiary alicyclic amines) is 1. The highest BCUT2D eigenvalue weighted by atomic mass is 32.1. The highest BCUT2D eigenvalue weighted by Gasteiger charge is 2.46. The van der Waals surface area contributed by atoms with E-state index in [0.717, 1.165) is 37.9 Å². The van der Waals surface area contributed by atoms with Crippen LogP contribution in [0.3, 0.4) is 0 Å². The molecule has 1 aromatic heterocycles. The van der Waals surface area contributed by atoms with Crippen LogP contribution in [0.4, 0.5) is 0 Å².